The zero-order valence-corrected chi connectivity index (χ0v) is 26.4. The van der Waals surface area contributed by atoms with E-state index in [-0.39, 0.29) is 9.81 Å². The van der Waals surface area contributed by atoms with Gasteiger partial charge in [0.15, 0.2) is 0 Å². The topological polar surface area (TPSA) is 0 Å². The van der Waals surface area contributed by atoms with Gasteiger partial charge in [0.1, 0.15) is 0 Å². The first kappa shape index (κ1) is 34.7. The van der Waals surface area contributed by atoms with Gasteiger partial charge in [-0.3, -0.25) is 0 Å². The Labute approximate surface area is 276 Å². The molecule has 0 bridgehead atoms. The van der Waals surface area contributed by atoms with Gasteiger partial charge in [0.2, 0.25) is 0 Å². The van der Waals surface area contributed by atoms with Crippen molar-refractivity contribution in [3.63, 3.8) is 0 Å². The number of thiol groups is 2. The van der Waals surface area contributed by atoms with E-state index in [1.807, 2.05) is 0 Å². The summed E-state index contributed by atoms with van der Waals surface area (Å²) in [6, 6.07) is 24.4. The molecule has 0 saturated heterocycles. The molecule has 8 heteroatoms. The minimum atomic E-state index is -5.77. The van der Waals surface area contributed by atoms with Crippen LogP contribution in [0.4, 0.5) is 26.3 Å². The highest BCUT2D eigenvalue weighted by atomic mass is 32.1. The fourth-order valence-electron chi connectivity index (χ4n) is 4.88. The largest absolute Gasteiger partial charge is 0.380 e. The maximum atomic E-state index is 16.1. The number of benzene rings is 3. The molecule has 0 nitrogen and oxygen atoms in total. The fourth-order valence-corrected chi connectivity index (χ4v) is 5.51. The summed E-state index contributed by atoms with van der Waals surface area (Å²) >= 11 is 8.94. The molecule has 0 heterocycles. The predicted molar refractivity (Wildman–Crippen MR) is 184 cm³/mol. The third kappa shape index (κ3) is 7.13. The molecule has 46 heavy (non-hydrogen) atoms. The maximum Gasteiger partial charge on any atom is 0.380 e. The van der Waals surface area contributed by atoms with Gasteiger partial charge >= 0.3 is 17.8 Å². The Morgan fingerprint density at radius 2 is 1.09 bits per heavy atom. The van der Waals surface area contributed by atoms with Crippen molar-refractivity contribution >= 4 is 42.3 Å². The molecule has 3 aromatic rings. The predicted octanol–water partition coefficient (Wildman–Crippen LogP) is 11.8. The second-order valence-electron chi connectivity index (χ2n) is 10.3. The molecule has 0 unspecified atom stereocenters. The van der Waals surface area contributed by atoms with E-state index in [0.717, 1.165) is 12.2 Å². The van der Waals surface area contributed by atoms with E-state index in [0.29, 0.717) is 22.3 Å². The third-order valence-electron chi connectivity index (χ3n) is 7.16. The van der Waals surface area contributed by atoms with E-state index in [1.165, 1.54) is 18.2 Å². The van der Waals surface area contributed by atoms with Gasteiger partial charge in [-0.2, -0.15) is 26.3 Å². The van der Waals surface area contributed by atoms with Crippen LogP contribution in [0.25, 0.3) is 17.1 Å². The van der Waals surface area contributed by atoms with E-state index in [1.54, 1.807) is 116 Å². The number of hydrogen-bond donors (Lipinski definition) is 2. The lowest BCUT2D eigenvalue weighted by Gasteiger charge is -2.26. The zero-order chi connectivity index (χ0) is 33.5. The first-order chi connectivity index (χ1) is 21.8. The minimum Gasteiger partial charge on any atom is -0.194 e. The number of rotatable bonds is 10. The van der Waals surface area contributed by atoms with Crippen molar-refractivity contribution < 1.29 is 26.3 Å². The van der Waals surface area contributed by atoms with Crippen LogP contribution < -0.4 is 0 Å². The molecule has 0 amide bonds. The van der Waals surface area contributed by atoms with Crippen LogP contribution in [-0.2, 0) is 0 Å². The van der Waals surface area contributed by atoms with Crippen molar-refractivity contribution in [1.29, 1.82) is 0 Å². The lowest BCUT2D eigenvalue weighted by Crippen LogP contribution is -2.49. The highest BCUT2D eigenvalue weighted by Crippen LogP contribution is 2.63. The summed E-state index contributed by atoms with van der Waals surface area (Å²) in [6.07, 6.45) is 10.8. The smallest absolute Gasteiger partial charge is 0.194 e. The third-order valence-corrected chi connectivity index (χ3v) is 7.93. The number of allylic oxidation sites excluding steroid dienone is 11. The molecule has 0 aromatic heterocycles. The molecule has 0 aliphatic heterocycles. The van der Waals surface area contributed by atoms with Gasteiger partial charge in [-0.15, -0.1) is 25.3 Å². The zero-order valence-electron chi connectivity index (χ0n) is 24.6. The van der Waals surface area contributed by atoms with Crippen LogP contribution in [-0.4, -0.2) is 17.8 Å². The second kappa shape index (κ2) is 14.5. The number of halogens is 6. The fraction of sp³-hybridized carbons (Fsp3) is 0.105. The van der Waals surface area contributed by atoms with Crippen molar-refractivity contribution in [2.75, 3.05) is 0 Å². The molecule has 0 radical (unpaired) electrons. The molecule has 4 rings (SSSR count). The highest BCUT2D eigenvalue weighted by molar-refractivity contribution is 7.90. The average Bonchev–Trinajstić information content (AvgIpc) is 3.15. The van der Waals surface area contributed by atoms with Gasteiger partial charge < -0.3 is 0 Å². The second-order valence-corrected chi connectivity index (χ2v) is 11.2. The first-order valence-corrected chi connectivity index (χ1v) is 15.0. The van der Waals surface area contributed by atoms with Crippen LogP contribution in [0.2, 0.25) is 0 Å². The van der Waals surface area contributed by atoms with Gasteiger partial charge in [-0.25, -0.2) is 0 Å². The summed E-state index contributed by atoms with van der Waals surface area (Å²) < 4.78 is 95.3. The van der Waals surface area contributed by atoms with Crippen molar-refractivity contribution in [1.82, 2.24) is 0 Å². The molecule has 0 fully saturated rings. The van der Waals surface area contributed by atoms with Gasteiger partial charge in [0, 0.05) is 21.0 Å². The lowest BCUT2D eigenvalue weighted by atomic mass is 9.91. The number of alkyl halides is 6. The molecular weight excluding hydrogens is 635 g/mol. The van der Waals surface area contributed by atoms with Crippen LogP contribution in [0.5, 0.6) is 0 Å². The minimum absolute atomic E-state index is 0.0762. The van der Waals surface area contributed by atoms with Gasteiger partial charge in [-0.05, 0) is 64.6 Å². The first-order valence-electron chi connectivity index (χ1n) is 14.1. The highest BCUT2D eigenvalue weighted by Gasteiger charge is 2.80. The summed E-state index contributed by atoms with van der Waals surface area (Å²) in [7, 11) is 0. The van der Waals surface area contributed by atoms with E-state index < -0.39 is 40.1 Å². The van der Waals surface area contributed by atoms with E-state index in [4.69, 9.17) is 0 Å². The Hall–Kier alpha value is -4.14. The Bertz CT molecular complexity index is 1780. The summed E-state index contributed by atoms with van der Waals surface area (Å²) in [5.74, 6) is -16.4. The summed E-state index contributed by atoms with van der Waals surface area (Å²) in [5, 5.41) is 0. The van der Waals surface area contributed by atoms with E-state index >= 15 is 26.3 Å². The average molecular weight is 665 g/mol. The van der Waals surface area contributed by atoms with Crippen LogP contribution in [0, 0.1) is 0 Å². The maximum absolute atomic E-state index is 16.1. The summed E-state index contributed by atoms with van der Waals surface area (Å²) in [5.41, 5.74) is -2.61. The van der Waals surface area contributed by atoms with Gasteiger partial charge in [0.05, 0.1) is 0 Å². The normalized spacial score (nSPS) is 18.8. The molecular formula is C38H30F6S2. The molecule has 0 spiro atoms. The standard InChI is InChI=1S/C38H30F6S2/c1-3-5-19-28(4-2)32(45)24-30(22-26-15-9-6-10-16-26)34-35(37(41,42)38(43,44)36(34,39)40)31(23-27-17-11-7-12-18-27)25-33(46)29-20-13-8-14-21-29/h3-25,45-46H,1H2,2H3/b19-5-,28-4+,30-22-,31-23-,32-24-,33-25-. The van der Waals surface area contributed by atoms with Crippen LogP contribution >= 0.6 is 25.3 Å². The Morgan fingerprint density at radius 3 is 1.52 bits per heavy atom. The van der Waals surface area contributed by atoms with Crippen molar-refractivity contribution in [2.24, 2.45) is 0 Å². The molecule has 0 saturated carbocycles. The number of hydrogen-bond acceptors (Lipinski definition) is 2. The Morgan fingerprint density at radius 1 is 0.652 bits per heavy atom. The quantitative estimate of drug-likeness (QED) is 0.120. The SMILES string of the molecule is C=C\C=C/C(=C\C)C(/S)=C/C(=C/c1ccccc1)C1=C(C(=C\c2ccccc2)/C=C(\S)c2ccccc2)C(F)(F)C(F)(F)C1(F)F. The lowest BCUT2D eigenvalue weighted by molar-refractivity contribution is -0.263. The Kier molecular flexibility index (Phi) is 11.0. The Balaban J connectivity index is 2.16. The molecule has 1 aliphatic rings. The molecule has 236 valence electrons. The van der Waals surface area contributed by atoms with Crippen molar-refractivity contribution in [3.05, 3.63) is 183 Å². The molecule has 3 aromatic carbocycles. The summed E-state index contributed by atoms with van der Waals surface area (Å²) in [6.45, 7) is 5.27. The molecule has 1 aliphatic carbocycles. The van der Waals surface area contributed by atoms with Gasteiger partial charge in [0.25, 0.3) is 0 Å². The molecule has 0 N–H and O–H groups in total. The van der Waals surface area contributed by atoms with Crippen molar-refractivity contribution in [3.8, 4) is 0 Å². The van der Waals surface area contributed by atoms with Gasteiger partial charge in [-0.1, -0.05) is 122 Å². The monoisotopic (exact) mass is 664 g/mol. The van der Waals surface area contributed by atoms with Crippen LogP contribution in [0.15, 0.2) is 167 Å². The van der Waals surface area contributed by atoms with Crippen LogP contribution in [0.3, 0.4) is 0 Å². The molecule has 0 atom stereocenters. The van der Waals surface area contributed by atoms with E-state index in [2.05, 4.69) is 31.8 Å². The van der Waals surface area contributed by atoms with Crippen LogP contribution in [0.1, 0.15) is 23.6 Å². The summed E-state index contributed by atoms with van der Waals surface area (Å²) in [4.78, 5) is 0.181. The van der Waals surface area contributed by atoms with Crippen molar-refractivity contribution in [2.45, 2.75) is 24.7 Å². The van der Waals surface area contributed by atoms with E-state index in [9.17, 15) is 0 Å².